The molecule has 0 heterocycles. The predicted molar refractivity (Wildman–Crippen MR) is 41.0 cm³/mol. The first-order valence-electron chi connectivity index (χ1n) is 2.72. The highest BCUT2D eigenvalue weighted by Gasteiger charge is 1.99. The van der Waals surface area contributed by atoms with Crippen LogP contribution in [0.25, 0.3) is 0 Å². The number of carboxylic acids is 1. The van der Waals surface area contributed by atoms with Crippen LogP contribution >= 0.6 is 0 Å². The van der Waals surface area contributed by atoms with Crippen LogP contribution in [0.15, 0.2) is 12.7 Å². The first-order chi connectivity index (χ1) is 5.29. The molecule has 0 bridgehead atoms. The van der Waals surface area contributed by atoms with Crippen LogP contribution in [0.2, 0.25) is 0 Å². The van der Waals surface area contributed by atoms with Gasteiger partial charge in [0, 0.05) is 6.92 Å². The van der Waals surface area contributed by atoms with E-state index in [1.54, 1.807) is 0 Å². The van der Waals surface area contributed by atoms with Crippen LogP contribution in [-0.4, -0.2) is 30.7 Å². The molecule has 0 radical (unpaired) electrons. The SMILES string of the molecule is C=CCOS(=O)(=O)O.CC(=O)O. The van der Waals surface area contributed by atoms with Gasteiger partial charge in [-0.25, -0.2) is 4.18 Å². The third-order valence-corrected chi connectivity index (χ3v) is 0.769. The fraction of sp³-hybridized carbons (Fsp3) is 0.400. The Morgan fingerprint density at radius 1 is 1.67 bits per heavy atom. The highest BCUT2D eigenvalue weighted by Crippen LogP contribution is 1.83. The summed E-state index contributed by atoms with van der Waals surface area (Å²) in [5, 5.41) is 7.42. The Morgan fingerprint density at radius 2 is 2.00 bits per heavy atom. The summed E-state index contributed by atoms with van der Waals surface area (Å²) in [5.41, 5.74) is 0. The van der Waals surface area contributed by atoms with Crippen LogP contribution in [0, 0.1) is 0 Å². The first kappa shape index (κ1) is 13.7. The van der Waals surface area contributed by atoms with Crippen molar-refractivity contribution in [1.29, 1.82) is 0 Å². The smallest absolute Gasteiger partial charge is 0.397 e. The summed E-state index contributed by atoms with van der Waals surface area (Å²) in [4.78, 5) is 9.00. The van der Waals surface area contributed by atoms with Crippen molar-refractivity contribution in [3.63, 3.8) is 0 Å². The van der Waals surface area contributed by atoms with Crippen LogP contribution in [0.4, 0.5) is 0 Å². The summed E-state index contributed by atoms with van der Waals surface area (Å²) < 4.78 is 31.0. The zero-order chi connectivity index (χ0) is 10.2. The van der Waals surface area contributed by atoms with E-state index in [-0.39, 0.29) is 6.61 Å². The minimum Gasteiger partial charge on any atom is -0.481 e. The Hall–Kier alpha value is -0.920. The standard InChI is InChI=1S/C3H6O4S.C2H4O2/c1-2-3-7-8(4,5)6;1-2(3)4/h2H,1,3H2,(H,4,5,6);1H3,(H,3,4). The molecule has 0 saturated heterocycles. The zero-order valence-electron chi connectivity index (χ0n) is 6.43. The van der Waals surface area contributed by atoms with Gasteiger partial charge in [0.25, 0.3) is 5.97 Å². The molecule has 0 rings (SSSR count). The molecule has 0 unspecified atom stereocenters. The zero-order valence-corrected chi connectivity index (χ0v) is 7.24. The molecule has 0 spiro atoms. The van der Waals surface area contributed by atoms with Gasteiger partial charge in [0.2, 0.25) is 0 Å². The molecule has 12 heavy (non-hydrogen) atoms. The highest BCUT2D eigenvalue weighted by atomic mass is 32.3. The number of carbonyl (C=O) groups is 1. The Balaban J connectivity index is 0. The molecule has 0 aromatic rings. The van der Waals surface area contributed by atoms with E-state index in [1.165, 1.54) is 6.08 Å². The van der Waals surface area contributed by atoms with Gasteiger partial charge in [-0.05, 0) is 0 Å². The summed E-state index contributed by atoms with van der Waals surface area (Å²) in [7, 11) is -4.26. The second-order valence-electron chi connectivity index (χ2n) is 1.52. The Labute approximate surface area is 70.4 Å². The topological polar surface area (TPSA) is 101 Å². The van der Waals surface area contributed by atoms with Gasteiger partial charge in [0.1, 0.15) is 0 Å². The van der Waals surface area contributed by atoms with E-state index >= 15 is 0 Å². The number of hydrogen-bond acceptors (Lipinski definition) is 4. The van der Waals surface area contributed by atoms with E-state index in [0.717, 1.165) is 6.92 Å². The van der Waals surface area contributed by atoms with Crippen LogP contribution in [0.5, 0.6) is 0 Å². The lowest BCUT2D eigenvalue weighted by Gasteiger charge is -1.90. The molecule has 0 aliphatic heterocycles. The van der Waals surface area contributed by atoms with Crippen molar-refractivity contribution in [3.05, 3.63) is 12.7 Å². The quantitative estimate of drug-likeness (QED) is 0.492. The van der Waals surface area contributed by atoms with Crippen molar-refractivity contribution in [2.24, 2.45) is 0 Å². The molecule has 0 aliphatic carbocycles. The Morgan fingerprint density at radius 3 is 2.08 bits per heavy atom. The number of aliphatic carboxylic acids is 1. The van der Waals surface area contributed by atoms with Crippen LogP contribution in [0.3, 0.4) is 0 Å². The van der Waals surface area contributed by atoms with Gasteiger partial charge in [-0.15, -0.1) is 6.58 Å². The molecule has 0 atom stereocenters. The van der Waals surface area contributed by atoms with Crippen LogP contribution < -0.4 is 0 Å². The molecular formula is C5H10O6S. The maximum atomic E-state index is 9.68. The van der Waals surface area contributed by atoms with Crippen molar-refractivity contribution in [1.82, 2.24) is 0 Å². The van der Waals surface area contributed by atoms with Crippen molar-refractivity contribution < 1.29 is 27.1 Å². The van der Waals surface area contributed by atoms with Crippen molar-refractivity contribution in [2.75, 3.05) is 6.61 Å². The third-order valence-electron chi connectivity index (χ3n) is 0.335. The van der Waals surface area contributed by atoms with Gasteiger partial charge >= 0.3 is 10.4 Å². The molecular weight excluding hydrogens is 188 g/mol. The van der Waals surface area contributed by atoms with E-state index in [2.05, 4.69) is 10.8 Å². The summed E-state index contributed by atoms with van der Waals surface area (Å²) in [5.74, 6) is -0.833. The second-order valence-corrected chi connectivity index (χ2v) is 2.61. The van der Waals surface area contributed by atoms with Crippen LogP contribution in [-0.2, 0) is 19.4 Å². The fourth-order valence-electron chi connectivity index (χ4n) is 0.134. The first-order valence-corrected chi connectivity index (χ1v) is 4.08. The maximum absolute atomic E-state index is 9.68. The lowest BCUT2D eigenvalue weighted by Crippen LogP contribution is -2.02. The molecule has 2 N–H and O–H groups in total. The number of rotatable bonds is 3. The van der Waals surface area contributed by atoms with E-state index in [9.17, 15) is 8.42 Å². The summed E-state index contributed by atoms with van der Waals surface area (Å²) in [6, 6.07) is 0. The lowest BCUT2D eigenvalue weighted by atomic mass is 10.7. The molecule has 0 aromatic carbocycles. The fourth-order valence-corrected chi connectivity index (χ4v) is 0.402. The van der Waals surface area contributed by atoms with Crippen molar-refractivity contribution in [3.8, 4) is 0 Å². The molecule has 0 aliphatic rings. The third kappa shape index (κ3) is 35.6. The molecule has 0 aromatic heterocycles. The largest absolute Gasteiger partial charge is 0.481 e. The highest BCUT2D eigenvalue weighted by molar-refractivity contribution is 7.80. The molecule has 0 saturated carbocycles. The van der Waals surface area contributed by atoms with Crippen LogP contribution in [0.1, 0.15) is 6.92 Å². The Kier molecular flexibility index (Phi) is 7.70. The normalized spacial score (nSPS) is 9.50. The average molecular weight is 198 g/mol. The molecule has 6 nitrogen and oxygen atoms in total. The molecule has 0 amide bonds. The van der Waals surface area contributed by atoms with Crippen molar-refractivity contribution >= 4 is 16.4 Å². The molecule has 7 heteroatoms. The van der Waals surface area contributed by atoms with Gasteiger partial charge in [0.05, 0.1) is 6.61 Å². The van der Waals surface area contributed by atoms with E-state index in [0.29, 0.717) is 0 Å². The maximum Gasteiger partial charge on any atom is 0.397 e. The summed E-state index contributed by atoms with van der Waals surface area (Å²) in [6.07, 6.45) is 1.22. The van der Waals surface area contributed by atoms with E-state index in [1.807, 2.05) is 0 Å². The van der Waals surface area contributed by atoms with Gasteiger partial charge in [-0.2, -0.15) is 8.42 Å². The molecule has 0 fully saturated rings. The monoisotopic (exact) mass is 198 g/mol. The van der Waals surface area contributed by atoms with E-state index in [4.69, 9.17) is 14.5 Å². The van der Waals surface area contributed by atoms with Gasteiger partial charge < -0.3 is 5.11 Å². The predicted octanol–water partition coefficient (Wildman–Crippen LogP) is 0.0827. The minimum atomic E-state index is -4.26. The lowest BCUT2D eigenvalue weighted by molar-refractivity contribution is -0.134. The number of hydrogen-bond donors (Lipinski definition) is 2. The van der Waals surface area contributed by atoms with Crippen molar-refractivity contribution in [2.45, 2.75) is 6.92 Å². The summed E-state index contributed by atoms with van der Waals surface area (Å²) in [6.45, 7) is 4.05. The van der Waals surface area contributed by atoms with Gasteiger partial charge in [0.15, 0.2) is 0 Å². The number of carboxylic acid groups (broad SMARTS) is 1. The minimum absolute atomic E-state index is 0.196. The molecule has 72 valence electrons. The average Bonchev–Trinajstić information content (AvgIpc) is 1.80. The van der Waals surface area contributed by atoms with Gasteiger partial charge in [-0.1, -0.05) is 6.08 Å². The van der Waals surface area contributed by atoms with Gasteiger partial charge in [-0.3, -0.25) is 9.35 Å². The Bertz CT molecular complexity index is 224. The summed E-state index contributed by atoms with van der Waals surface area (Å²) >= 11 is 0. The second kappa shape index (κ2) is 6.77. The van der Waals surface area contributed by atoms with E-state index < -0.39 is 16.4 Å².